The van der Waals surface area contributed by atoms with Crippen LogP contribution < -0.4 is 5.32 Å². The first-order chi connectivity index (χ1) is 15.2. The summed E-state index contributed by atoms with van der Waals surface area (Å²) in [4.78, 5) is 37.8. The summed E-state index contributed by atoms with van der Waals surface area (Å²) in [5.74, 6) is -1.82. The van der Waals surface area contributed by atoms with Crippen molar-refractivity contribution in [1.29, 1.82) is 0 Å². The van der Waals surface area contributed by atoms with Gasteiger partial charge in [-0.25, -0.2) is 12.8 Å². The Bertz CT molecular complexity index is 1170. The second-order valence-corrected chi connectivity index (χ2v) is 10.3. The van der Waals surface area contributed by atoms with Gasteiger partial charge in [-0.2, -0.15) is 0 Å². The molecular weight excluding hydrogens is 479 g/mol. The van der Waals surface area contributed by atoms with E-state index in [1.165, 1.54) is 54.6 Å². The Kier molecular flexibility index (Phi) is 7.70. The Morgan fingerprint density at radius 2 is 1.75 bits per heavy atom. The molecule has 1 aliphatic heterocycles. The summed E-state index contributed by atoms with van der Waals surface area (Å²) < 4.78 is 37.5. The highest BCUT2D eigenvalue weighted by molar-refractivity contribution is 8.18. The molecule has 3 amide bonds. The Hall–Kier alpha value is -2.69. The molecule has 3 rings (SSSR count). The predicted octanol–water partition coefficient (Wildman–Crippen LogP) is 3.50. The molecule has 0 bridgehead atoms. The first-order valence-corrected chi connectivity index (χ1v) is 12.3. The highest BCUT2D eigenvalue weighted by Gasteiger charge is 2.34. The van der Waals surface area contributed by atoms with Crippen molar-refractivity contribution in [2.45, 2.75) is 11.3 Å². The second kappa shape index (κ2) is 10.3. The molecule has 0 saturated carbocycles. The highest BCUT2D eigenvalue weighted by atomic mass is 35.5. The summed E-state index contributed by atoms with van der Waals surface area (Å²) >= 11 is 6.50. The number of thioether (sulfide) groups is 1. The van der Waals surface area contributed by atoms with Crippen LogP contribution in [0.2, 0.25) is 5.02 Å². The van der Waals surface area contributed by atoms with Crippen LogP contribution in [0, 0.1) is 5.82 Å². The van der Waals surface area contributed by atoms with Crippen LogP contribution in [0.1, 0.15) is 12.0 Å². The minimum Gasteiger partial charge on any atom is -0.354 e. The van der Waals surface area contributed by atoms with Gasteiger partial charge in [-0.1, -0.05) is 23.7 Å². The van der Waals surface area contributed by atoms with Crippen LogP contribution in [0.25, 0.3) is 6.08 Å². The van der Waals surface area contributed by atoms with Gasteiger partial charge in [-0.15, -0.1) is 0 Å². The molecule has 11 heteroatoms. The maximum atomic E-state index is 13.0. The first kappa shape index (κ1) is 24.0. The third-order valence-electron chi connectivity index (χ3n) is 4.47. The number of benzene rings is 2. The number of hydrogen-bond acceptors (Lipinski definition) is 6. The Balaban J connectivity index is 1.48. The monoisotopic (exact) mass is 496 g/mol. The standard InChI is InChI=1S/C21H18ClFN2O5S2/c22-15-3-7-17(8-4-15)32(29,30)12-9-19(26)24-10-11-25-20(27)18(31-21(25)28)13-14-1-5-16(23)6-2-14/h1-8,13H,9-12H2,(H,24,26)/b18-13+. The van der Waals surface area contributed by atoms with E-state index in [2.05, 4.69) is 5.32 Å². The molecule has 0 spiro atoms. The SMILES string of the molecule is O=C(CCS(=O)(=O)c1ccc(Cl)cc1)NCCN1C(=O)S/C(=C/c2ccc(F)cc2)C1=O. The van der Waals surface area contributed by atoms with E-state index in [4.69, 9.17) is 11.6 Å². The topological polar surface area (TPSA) is 101 Å². The van der Waals surface area contributed by atoms with E-state index in [0.717, 1.165) is 16.7 Å². The molecule has 7 nitrogen and oxygen atoms in total. The lowest BCUT2D eigenvalue weighted by Gasteiger charge is -2.13. The van der Waals surface area contributed by atoms with Crippen molar-refractivity contribution in [3.8, 4) is 0 Å². The molecule has 2 aromatic carbocycles. The normalized spacial score (nSPS) is 15.4. The number of imide groups is 1. The van der Waals surface area contributed by atoms with E-state index in [1.807, 2.05) is 0 Å². The smallest absolute Gasteiger partial charge is 0.293 e. The van der Waals surface area contributed by atoms with E-state index in [1.54, 1.807) is 0 Å². The molecule has 0 radical (unpaired) electrons. The van der Waals surface area contributed by atoms with Crippen LogP contribution in [0.3, 0.4) is 0 Å². The summed E-state index contributed by atoms with van der Waals surface area (Å²) in [7, 11) is -3.64. The molecule has 32 heavy (non-hydrogen) atoms. The number of amides is 3. The van der Waals surface area contributed by atoms with E-state index in [9.17, 15) is 27.2 Å². The average Bonchev–Trinajstić information content (AvgIpc) is 3.01. The average molecular weight is 497 g/mol. The minimum absolute atomic E-state index is 0.0122. The highest BCUT2D eigenvalue weighted by Crippen LogP contribution is 2.31. The van der Waals surface area contributed by atoms with Crippen molar-refractivity contribution in [2.75, 3.05) is 18.8 Å². The molecule has 1 fully saturated rings. The zero-order valence-corrected chi connectivity index (χ0v) is 19.0. The molecule has 1 heterocycles. The van der Waals surface area contributed by atoms with Crippen molar-refractivity contribution in [2.24, 2.45) is 0 Å². The van der Waals surface area contributed by atoms with Crippen LogP contribution in [-0.2, 0) is 19.4 Å². The number of hydrogen-bond donors (Lipinski definition) is 1. The molecule has 0 unspecified atom stereocenters. The number of nitrogens with zero attached hydrogens (tertiary/aromatic N) is 1. The number of nitrogens with one attached hydrogen (secondary N) is 1. The Labute approximate surface area is 193 Å². The van der Waals surface area contributed by atoms with Gasteiger partial charge >= 0.3 is 0 Å². The molecule has 0 atom stereocenters. The second-order valence-electron chi connectivity index (χ2n) is 6.76. The predicted molar refractivity (Wildman–Crippen MR) is 120 cm³/mol. The van der Waals surface area contributed by atoms with E-state index >= 15 is 0 Å². The van der Waals surface area contributed by atoms with Crippen molar-refractivity contribution >= 4 is 56.3 Å². The summed E-state index contributed by atoms with van der Waals surface area (Å²) in [5.41, 5.74) is 0.576. The van der Waals surface area contributed by atoms with Gasteiger partial charge in [0, 0.05) is 24.5 Å². The van der Waals surface area contributed by atoms with Gasteiger partial charge in [0.15, 0.2) is 9.84 Å². The summed E-state index contributed by atoms with van der Waals surface area (Å²) in [6.07, 6.45) is 1.22. The van der Waals surface area contributed by atoms with Crippen LogP contribution in [0.4, 0.5) is 9.18 Å². The van der Waals surface area contributed by atoms with E-state index < -0.39 is 32.7 Å². The van der Waals surface area contributed by atoms with E-state index in [-0.39, 0.29) is 35.1 Å². The van der Waals surface area contributed by atoms with Crippen molar-refractivity contribution in [3.05, 3.63) is 69.8 Å². The minimum atomic E-state index is -3.64. The lowest BCUT2D eigenvalue weighted by molar-refractivity contribution is -0.124. The van der Waals surface area contributed by atoms with Gasteiger partial charge < -0.3 is 5.32 Å². The lowest BCUT2D eigenvalue weighted by atomic mass is 10.2. The van der Waals surface area contributed by atoms with Gasteiger partial charge in [0.05, 0.1) is 15.6 Å². The van der Waals surface area contributed by atoms with Crippen LogP contribution in [0.5, 0.6) is 0 Å². The quantitative estimate of drug-likeness (QED) is 0.561. The van der Waals surface area contributed by atoms with Crippen LogP contribution in [-0.4, -0.2) is 49.2 Å². The summed E-state index contributed by atoms with van der Waals surface area (Å²) in [5, 5.41) is 2.43. The third-order valence-corrected chi connectivity index (χ3v) is 7.36. The third kappa shape index (κ3) is 6.18. The fraction of sp³-hybridized carbons (Fsp3) is 0.190. The van der Waals surface area contributed by atoms with Crippen LogP contribution in [0.15, 0.2) is 58.3 Å². The molecule has 168 valence electrons. The summed E-state index contributed by atoms with van der Waals surface area (Å²) in [6, 6.07) is 11.1. The maximum Gasteiger partial charge on any atom is 0.293 e. The molecule has 0 aromatic heterocycles. The zero-order valence-electron chi connectivity index (χ0n) is 16.6. The number of carbonyl (C=O) groups is 3. The van der Waals surface area contributed by atoms with Gasteiger partial charge in [0.25, 0.3) is 11.1 Å². The Morgan fingerprint density at radius 3 is 2.41 bits per heavy atom. The van der Waals surface area contributed by atoms with Gasteiger partial charge in [-0.3, -0.25) is 19.3 Å². The lowest BCUT2D eigenvalue weighted by Crippen LogP contribution is -2.37. The number of halogens is 2. The van der Waals surface area contributed by atoms with Gasteiger partial charge in [0.2, 0.25) is 5.91 Å². The fourth-order valence-electron chi connectivity index (χ4n) is 2.79. The van der Waals surface area contributed by atoms with Gasteiger partial charge in [-0.05, 0) is 59.8 Å². The van der Waals surface area contributed by atoms with Crippen molar-refractivity contribution in [1.82, 2.24) is 10.2 Å². The molecule has 2 aromatic rings. The first-order valence-electron chi connectivity index (χ1n) is 9.42. The molecule has 1 aliphatic rings. The van der Waals surface area contributed by atoms with Gasteiger partial charge in [0.1, 0.15) is 5.82 Å². The molecule has 1 saturated heterocycles. The van der Waals surface area contributed by atoms with Crippen molar-refractivity contribution in [3.63, 3.8) is 0 Å². The summed E-state index contributed by atoms with van der Waals surface area (Å²) in [6.45, 7) is -0.0667. The zero-order chi connectivity index (χ0) is 23.3. The van der Waals surface area contributed by atoms with Crippen LogP contribution >= 0.6 is 23.4 Å². The van der Waals surface area contributed by atoms with E-state index in [0.29, 0.717) is 10.6 Å². The Morgan fingerprint density at radius 1 is 1.09 bits per heavy atom. The number of carbonyl (C=O) groups excluding carboxylic acids is 3. The fourth-order valence-corrected chi connectivity index (χ4v) is 5.02. The number of rotatable bonds is 8. The maximum absolute atomic E-state index is 13.0. The largest absolute Gasteiger partial charge is 0.354 e. The molecule has 0 aliphatic carbocycles. The van der Waals surface area contributed by atoms with Crippen molar-refractivity contribution < 1.29 is 27.2 Å². The molecule has 1 N–H and O–H groups in total. The number of sulfone groups is 1. The molecular formula is C21H18ClFN2O5S2.